The van der Waals surface area contributed by atoms with Gasteiger partial charge >= 0.3 is 5.97 Å². The van der Waals surface area contributed by atoms with E-state index in [0.29, 0.717) is 34.9 Å². The highest BCUT2D eigenvalue weighted by atomic mass is 16.5. The van der Waals surface area contributed by atoms with Gasteiger partial charge in [-0.1, -0.05) is 24.0 Å². The highest BCUT2D eigenvalue weighted by molar-refractivity contribution is 5.90. The number of likely N-dealkylation sites (tertiary alicyclic amines) is 1. The lowest BCUT2D eigenvalue weighted by molar-refractivity contribution is -0.137. The van der Waals surface area contributed by atoms with E-state index in [9.17, 15) is 14.7 Å². The number of hydrogen-bond donors (Lipinski definition) is 1. The average molecular weight is 445 g/mol. The summed E-state index contributed by atoms with van der Waals surface area (Å²) in [6.07, 6.45) is 2.04. The number of hydrogen-bond acceptors (Lipinski definition) is 7. The van der Waals surface area contributed by atoms with Crippen LogP contribution in [-0.4, -0.2) is 67.4 Å². The van der Waals surface area contributed by atoms with Gasteiger partial charge in [0, 0.05) is 44.4 Å². The number of ether oxygens (including phenoxy) is 1. The van der Waals surface area contributed by atoms with E-state index < -0.39 is 17.5 Å². The molecule has 0 aliphatic carbocycles. The number of rotatable bonds is 4. The lowest BCUT2D eigenvalue weighted by Crippen LogP contribution is -2.37. The molecule has 1 aliphatic heterocycles. The van der Waals surface area contributed by atoms with E-state index in [-0.39, 0.29) is 18.7 Å². The molecule has 4 rings (SSSR count). The molecule has 168 valence electrons. The zero-order valence-corrected chi connectivity index (χ0v) is 18.6. The van der Waals surface area contributed by atoms with Crippen LogP contribution in [0.2, 0.25) is 0 Å². The van der Waals surface area contributed by atoms with Crippen LogP contribution in [0.3, 0.4) is 0 Å². The van der Waals surface area contributed by atoms with Gasteiger partial charge in [-0.2, -0.15) is 5.10 Å². The number of likely N-dealkylation sites (N-methyl/N-ethyl adjacent to an activating group) is 1. The number of esters is 1. The van der Waals surface area contributed by atoms with Crippen LogP contribution in [0.25, 0.3) is 22.8 Å². The Bertz CT molecular complexity index is 1290. The Hall–Kier alpha value is -4.03. The Kier molecular flexibility index (Phi) is 5.94. The van der Waals surface area contributed by atoms with Crippen LogP contribution in [0.1, 0.15) is 29.4 Å². The molecular formula is C24H23N5O4. The van der Waals surface area contributed by atoms with Crippen molar-refractivity contribution in [1.29, 1.82) is 0 Å². The zero-order chi connectivity index (χ0) is 23.6. The van der Waals surface area contributed by atoms with E-state index in [1.807, 2.05) is 0 Å². The monoisotopic (exact) mass is 445 g/mol. The second-order valence-corrected chi connectivity index (χ2v) is 7.72. The molecule has 0 radical (unpaired) electrons. The smallest absolute Gasteiger partial charge is 0.357 e. The van der Waals surface area contributed by atoms with Crippen molar-refractivity contribution in [2.45, 2.75) is 18.9 Å². The summed E-state index contributed by atoms with van der Waals surface area (Å²) in [6, 6.07) is 10.4. The first-order chi connectivity index (χ1) is 15.8. The Morgan fingerprint density at radius 1 is 1.21 bits per heavy atom. The van der Waals surface area contributed by atoms with Crippen molar-refractivity contribution in [2.75, 3.05) is 20.2 Å². The van der Waals surface area contributed by atoms with Crippen LogP contribution in [0.5, 0.6) is 0 Å². The summed E-state index contributed by atoms with van der Waals surface area (Å²) in [5, 5.41) is 14.9. The van der Waals surface area contributed by atoms with Crippen LogP contribution in [0.15, 0.2) is 42.6 Å². The average Bonchev–Trinajstić information content (AvgIpc) is 3.37. The topological polar surface area (TPSA) is 110 Å². The molecule has 1 amide bonds. The van der Waals surface area contributed by atoms with Gasteiger partial charge in [0.1, 0.15) is 5.69 Å². The van der Waals surface area contributed by atoms with Gasteiger partial charge in [0.15, 0.2) is 11.5 Å². The molecule has 2 aromatic heterocycles. The minimum atomic E-state index is -1.68. The number of carbonyl (C=O) groups excluding carboxylic acids is 2. The maximum absolute atomic E-state index is 12.4. The summed E-state index contributed by atoms with van der Waals surface area (Å²) < 4.78 is 6.77. The lowest BCUT2D eigenvalue weighted by atomic mass is 10.0. The number of aliphatic hydroxyl groups is 1. The Labute approximate surface area is 191 Å². The number of amides is 1. The molecule has 9 heteroatoms. The molecule has 1 N–H and O–H groups in total. The van der Waals surface area contributed by atoms with Gasteiger partial charge < -0.3 is 14.7 Å². The largest absolute Gasteiger partial charge is 0.461 e. The second kappa shape index (κ2) is 8.84. The summed E-state index contributed by atoms with van der Waals surface area (Å²) >= 11 is 0. The molecule has 3 heterocycles. The van der Waals surface area contributed by atoms with Gasteiger partial charge in [0.05, 0.1) is 12.3 Å². The van der Waals surface area contributed by atoms with E-state index in [4.69, 9.17) is 4.74 Å². The molecule has 9 nitrogen and oxygen atoms in total. The van der Waals surface area contributed by atoms with Crippen LogP contribution in [0.4, 0.5) is 0 Å². The van der Waals surface area contributed by atoms with E-state index in [1.165, 1.54) is 4.90 Å². The molecule has 0 bridgehead atoms. The molecule has 1 atom stereocenters. The van der Waals surface area contributed by atoms with Crippen molar-refractivity contribution in [2.24, 2.45) is 7.05 Å². The SMILES string of the molecule is CCOC(=O)c1cc(-c2ccn(C)n2)nc(-c2cccc(C#C[C@]3(O)CCN(C)C3=O)c2)n1. The lowest BCUT2D eigenvalue weighted by Gasteiger charge is -2.13. The number of nitrogens with zero attached hydrogens (tertiary/aromatic N) is 5. The van der Waals surface area contributed by atoms with Crippen molar-refractivity contribution in [3.05, 3.63) is 53.9 Å². The molecule has 1 fully saturated rings. The minimum Gasteiger partial charge on any atom is -0.461 e. The van der Waals surface area contributed by atoms with Crippen LogP contribution < -0.4 is 0 Å². The first-order valence-corrected chi connectivity index (χ1v) is 10.5. The molecule has 1 saturated heterocycles. The predicted octanol–water partition coefficient (Wildman–Crippen LogP) is 1.67. The van der Waals surface area contributed by atoms with Gasteiger partial charge in [0.25, 0.3) is 5.91 Å². The normalized spacial score (nSPS) is 17.6. The van der Waals surface area contributed by atoms with Gasteiger partial charge in [-0.3, -0.25) is 9.48 Å². The maximum atomic E-state index is 12.4. The fourth-order valence-corrected chi connectivity index (χ4v) is 3.45. The fourth-order valence-electron chi connectivity index (χ4n) is 3.45. The van der Waals surface area contributed by atoms with E-state index >= 15 is 0 Å². The number of aryl methyl sites for hydroxylation is 1. The highest BCUT2D eigenvalue weighted by Crippen LogP contribution is 2.24. The number of carbonyl (C=O) groups is 2. The standard InChI is InChI=1S/C24H23N5O4/c1-4-33-22(30)20-15-19(18-9-12-29(3)27-18)25-21(26-20)17-7-5-6-16(14-17)8-10-24(32)11-13-28(2)23(24)31/h5-7,9,12,14-15,32H,4,11,13H2,1-3H3/t24-/m0/s1. The summed E-state index contributed by atoms with van der Waals surface area (Å²) in [7, 11) is 3.43. The summed E-state index contributed by atoms with van der Waals surface area (Å²) in [5.41, 5.74) is 0.701. The molecular weight excluding hydrogens is 422 g/mol. The van der Waals surface area contributed by atoms with Crippen LogP contribution in [-0.2, 0) is 16.6 Å². The Morgan fingerprint density at radius 2 is 2.03 bits per heavy atom. The van der Waals surface area contributed by atoms with E-state index in [2.05, 4.69) is 26.9 Å². The molecule has 3 aromatic rings. The van der Waals surface area contributed by atoms with Crippen molar-refractivity contribution >= 4 is 11.9 Å². The van der Waals surface area contributed by atoms with Crippen molar-refractivity contribution in [3.8, 4) is 34.6 Å². The fraction of sp³-hybridized carbons (Fsp3) is 0.292. The molecule has 0 spiro atoms. The van der Waals surface area contributed by atoms with E-state index in [0.717, 1.165) is 0 Å². The predicted molar refractivity (Wildman–Crippen MR) is 120 cm³/mol. The number of benzene rings is 1. The number of aromatic nitrogens is 4. The second-order valence-electron chi connectivity index (χ2n) is 7.72. The summed E-state index contributed by atoms with van der Waals surface area (Å²) in [6.45, 7) is 2.40. The minimum absolute atomic E-state index is 0.118. The molecule has 1 aliphatic rings. The highest BCUT2D eigenvalue weighted by Gasteiger charge is 2.42. The quantitative estimate of drug-likeness (QED) is 0.480. The van der Waals surface area contributed by atoms with Gasteiger partial charge in [-0.15, -0.1) is 0 Å². The molecule has 1 aromatic carbocycles. The van der Waals surface area contributed by atoms with E-state index in [1.54, 1.807) is 68.3 Å². The van der Waals surface area contributed by atoms with Gasteiger partial charge in [-0.25, -0.2) is 14.8 Å². The molecule has 0 saturated carbocycles. The third kappa shape index (κ3) is 4.61. The first-order valence-electron chi connectivity index (χ1n) is 10.5. The van der Waals surface area contributed by atoms with Crippen LogP contribution in [0, 0.1) is 11.8 Å². The van der Waals surface area contributed by atoms with Crippen molar-refractivity contribution in [1.82, 2.24) is 24.6 Å². The summed E-state index contributed by atoms with van der Waals surface area (Å²) in [4.78, 5) is 35.0. The third-order valence-corrected chi connectivity index (χ3v) is 5.23. The van der Waals surface area contributed by atoms with Gasteiger partial charge in [-0.05, 0) is 31.2 Å². The van der Waals surface area contributed by atoms with Crippen molar-refractivity contribution in [3.63, 3.8) is 0 Å². The Balaban J connectivity index is 1.73. The third-order valence-electron chi connectivity index (χ3n) is 5.23. The first kappa shape index (κ1) is 22.2. The molecule has 0 unspecified atom stereocenters. The maximum Gasteiger partial charge on any atom is 0.357 e. The van der Waals surface area contributed by atoms with Crippen LogP contribution >= 0.6 is 0 Å². The molecule has 33 heavy (non-hydrogen) atoms. The summed E-state index contributed by atoms with van der Waals surface area (Å²) in [5.74, 6) is 4.94. The van der Waals surface area contributed by atoms with Crippen molar-refractivity contribution < 1.29 is 19.4 Å². The Morgan fingerprint density at radius 3 is 2.70 bits per heavy atom. The van der Waals surface area contributed by atoms with Gasteiger partial charge in [0.2, 0.25) is 5.60 Å². The zero-order valence-electron chi connectivity index (χ0n) is 18.6.